The van der Waals surface area contributed by atoms with Crippen LogP contribution in [0.25, 0.3) is 10.8 Å². The van der Waals surface area contributed by atoms with Crippen molar-refractivity contribution in [2.24, 2.45) is 0 Å². The SMILES string of the molecule is Cc1cccn(CC(=O)Nc2cccc3c(O)cccc23)c1=O. The highest BCUT2D eigenvalue weighted by Crippen LogP contribution is 2.29. The third-order valence-corrected chi connectivity index (χ3v) is 3.70. The minimum absolute atomic E-state index is 0.0598. The van der Waals surface area contributed by atoms with Gasteiger partial charge in [0.05, 0.1) is 0 Å². The second kappa shape index (κ2) is 5.96. The van der Waals surface area contributed by atoms with Crippen molar-refractivity contribution in [3.05, 3.63) is 70.6 Å². The highest BCUT2D eigenvalue weighted by atomic mass is 16.3. The van der Waals surface area contributed by atoms with Gasteiger partial charge in [-0.05, 0) is 25.1 Å². The zero-order valence-electron chi connectivity index (χ0n) is 12.6. The van der Waals surface area contributed by atoms with Gasteiger partial charge in [0, 0.05) is 28.2 Å². The lowest BCUT2D eigenvalue weighted by molar-refractivity contribution is -0.116. The van der Waals surface area contributed by atoms with E-state index in [2.05, 4.69) is 5.32 Å². The molecule has 0 unspecified atom stereocenters. The van der Waals surface area contributed by atoms with Gasteiger partial charge in [0.2, 0.25) is 5.91 Å². The molecule has 5 nitrogen and oxygen atoms in total. The molecule has 0 aliphatic rings. The van der Waals surface area contributed by atoms with Crippen LogP contribution in [0.2, 0.25) is 0 Å². The molecule has 2 aromatic carbocycles. The van der Waals surface area contributed by atoms with E-state index in [4.69, 9.17) is 0 Å². The number of phenolic OH excluding ortho intramolecular Hbond substituents is 1. The zero-order chi connectivity index (χ0) is 16.4. The number of aryl methyl sites for hydroxylation is 1. The maximum atomic E-state index is 12.2. The van der Waals surface area contributed by atoms with Crippen molar-refractivity contribution in [3.63, 3.8) is 0 Å². The van der Waals surface area contributed by atoms with Crippen LogP contribution in [0.3, 0.4) is 0 Å². The van der Waals surface area contributed by atoms with Crippen molar-refractivity contribution in [3.8, 4) is 5.75 Å². The Morgan fingerprint density at radius 3 is 2.65 bits per heavy atom. The Balaban J connectivity index is 1.88. The average Bonchev–Trinajstić information content (AvgIpc) is 2.53. The predicted molar refractivity (Wildman–Crippen MR) is 89.7 cm³/mol. The van der Waals surface area contributed by atoms with Crippen LogP contribution < -0.4 is 10.9 Å². The summed E-state index contributed by atoms with van der Waals surface area (Å²) >= 11 is 0. The Morgan fingerprint density at radius 1 is 1.09 bits per heavy atom. The van der Waals surface area contributed by atoms with Gasteiger partial charge in [0.1, 0.15) is 12.3 Å². The number of pyridine rings is 1. The van der Waals surface area contributed by atoms with E-state index < -0.39 is 0 Å². The molecule has 0 bridgehead atoms. The summed E-state index contributed by atoms with van der Waals surface area (Å²) in [5.74, 6) is -0.137. The number of nitrogens with one attached hydrogen (secondary N) is 1. The summed E-state index contributed by atoms with van der Waals surface area (Å²) < 4.78 is 1.37. The first kappa shape index (κ1) is 14.8. The van der Waals surface area contributed by atoms with E-state index in [-0.39, 0.29) is 23.8 Å². The molecule has 0 radical (unpaired) electrons. The number of carbonyl (C=O) groups is 1. The Kier molecular flexibility index (Phi) is 3.85. The van der Waals surface area contributed by atoms with Crippen molar-refractivity contribution < 1.29 is 9.90 Å². The van der Waals surface area contributed by atoms with Gasteiger partial charge in [-0.1, -0.05) is 30.3 Å². The third-order valence-electron chi connectivity index (χ3n) is 3.70. The van der Waals surface area contributed by atoms with E-state index in [1.807, 2.05) is 6.07 Å². The van der Waals surface area contributed by atoms with Crippen LogP contribution in [-0.4, -0.2) is 15.6 Å². The number of anilines is 1. The molecule has 1 heterocycles. The summed E-state index contributed by atoms with van der Waals surface area (Å²) in [5.41, 5.74) is 1.01. The molecule has 1 aromatic heterocycles. The predicted octanol–water partition coefficient (Wildman–Crippen LogP) is 2.65. The molecule has 5 heteroatoms. The normalized spacial score (nSPS) is 10.7. The highest BCUT2D eigenvalue weighted by molar-refractivity contribution is 6.03. The first-order chi connectivity index (χ1) is 11.1. The molecule has 0 fully saturated rings. The first-order valence-corrected chi connectivity index (χ1v) is 7.23. The molecule has 0 aliphatic heterocycles. The second-order valence-corrected chi connectivity index (χ2v) is 5.35. The van der Waals surface area contributed by atoms with E-state index in [1.165, 1.54) is 4.57 Å². The number of hydrogen-bond donors (Lipinski definition) is 2. The maximum absolute atomic E-state index is 12.2. The summed E-state index contributed by atoms with van der Waals surface area (Å²) in [6.45, 7) is 1.65. The van der Waals surface area contributed by atoms with Crippen molar-refractivity contribution in [1.82, 2.24) is 4.57 Å². The summed E-state index contributed by atoms with van der Waals surface area (Å²) in [7, 11) is 0. The number of amides is 1. The molecule has 3 rings (SSSR count). The molecular weight excluding hydrogens is 292 g/mol. The molecular formula is C18H16N2O3. The maximum Gasteiger partial charge on any atom is 0.253 e. The van der Waals surface area contributed by atoms with Crippen molar-refractivity contribution in [2.75, 3.05) is 5.32 Å². The van der Waals surface area contributed by atoms with Gasteiger partial charge in [0.15, 0.2) is 0 Å². The molecule has 3 aromatic rings. The number of aromatic nitrogens is 1. The lowest BCUT2D eigenvalue weighted by atomic mass is 10.1. The number of rotatable bonds is 3. The largest absolute Gasteiger partial charge is 0.507 e. The van der Waals surface area contributed by atoms with Crippen molar-refractivity contribution in [1.29, 1.82) is 0 Å². The average molecular weight is 308 g/mol. The molecule has 116 valence electrons. The monoisotopic (exact) mass is 308 g/mol. The van der Waals surface area contributed by atoms with Crippen LogP contribution in [0.5, 0.6) is 5.75 Å². The molecule has 23 heavy (non-hydrogen) atoms. The zero-order valence-corrected chi connectivity index (χ0v) is 12.6. The molecule has 2 N–H and O–H groups in total. The van der Waals surface area contributed by atoms with Crippen LogP contribution >= 0.6 is 0 Å². The second-order valence-electron chi connectivity index (χ2n) is 5.35. The van der Waals surface area contributed by atoms with E-state index in [0.717, 1.165) is 5.39 Å². The van der Waals surface area contributed by atoms with Gasteiger partial charge in [-0.2, -0.15) is 0 Å². The molecule has 0 spiro atoms. The van der Waals surface area contributed by atoms with E-state index >= 15 is 0 Å². The highest BCUT2D eigenvalue weighted by Gasteiger charge is 2.09. The summed E-state index contributed by atoms with van der Waals surface area (Å²) in [5, 5.41) is 14.1. The molecule has 0 saturated carbocycles. The number of fused-ring (bicyclic) bond motifs is 1. The standard InChI is InChI=1S/C18H16N2O3/c1-12-5-4-10-20(18(12)23)11-17(22)19-15-8-2-7-14-13(15)6-3-9-16(14)21/h2-10,21H,11H2,1H3,(H,19,22). The van der Waals surface area contributed by atoms with E-state index in [9.17, 15) is 14.7 Å². The molecule has 0 atom stereocenters. The van der Waals surface area contributed by atoms with Gasteiger partial charge in [-0.15, -0.1) is 0 Å². The van der Waals surface area contributed by atoms with Gasteiger partial charge < -0.3 is 15.0 Å². The van der Waals surface area contributed by atoms with Gasteiger partial charge in [-0.25, -0.2) is 0 Å². The topological polar surface area (TPSA) is 71.3 Å². The van der Waals surface area contributed by atoms with E-state index in [0.29, 0.717) is 16.6 Å². The lowest BCUT2D eigenvalue weighted by Crippen LogP contribution is -2.28. The molecule has 0 aliphatic carbocycles. The van der Waals surface area contributed by atoms with Crippen LogP contribution in [0.1, 0.15) is 5.56 Å². The van der Waals surface area contributed by atoms with Crippen LogP contribution in [0.15, 0.2) is 59.5 Å². The minimum atomic E-state index is -0.298. The lowest BCUT2D eigenvalue weighted by Gasteiger charge is -2.11. The summed E-state index contributed by atoms with van der Waals surface area (Å²) in [6.07, 6.45) is 1.59. The molecule has 1 amide bonds. The number of nitrogens with zero attached hydrogens (tertiary/aromatic N) is 1. The van der Waals surface area contributed by atoms with Crippen LogP contribution in [0.4, 0.5) is 5.69 Å². The van der Waals surface area contributed by atoms with Gasteiger partial charge in [-0.3, -0.25) is 9.59 Å². The van der Waals surface area contributed by atoms with Gasteiger partial charge in [0.25, 0.3) is 5.56 Å². The fourth-order valence-electron chi connectivity index (χ4n) is 2.53. The number of benzene rings is 2. The summed E-state index contributed by atoms with van der Waals surface area (Å²) in [4.78, 5) is 24.2. The fourth-order valence-corrected chi connectivity index (χ4v) is 2.53. The first-order valence-electron chi connectivity index (χ1n) is 7.23. The minimum Gasteiger partial charge on any atom is -0.507 e. The third kappa shape index (κ3) is 2.94. The smallest absolute Gasteiger partial charge is 0.253 e. The summed E-state index contributed by atoms with van der Waals surface area (Å²) in [6, 6.07) is 13.9. The van der Waals surface area contributed by atoms with Gasteiger partial charge >= 0.3 is 0 Å². The van der Waals surface area contributed by atoms with Crippen molar-refractivity contribution in [2.45, 2.75) is 13.5 Å². The Bertz CT molecular complexity index is 944. The van der Waals surface area contributed by atoms with Crippen molar-refractivity contribution >= 4 is 22.4 Å². The number of aromatic hydroxyl groups is 1. The Hall–Kier alpha value is -3.08. The van der Waals surface area contributed by atoms with E-state index in [1.54, 1.807) is 55.6 Å². The van der Waals surface area contributed by atoms with Crippen LogP contribution in [-0.2, 0) is 11.3 Å². The van der Waals surface area contributed by atoms with Crippen LogP contribution in [0, 0.1) is 6.92 Å². The fraction of sp³-hybridized carbons (Fsp3) is 0.111. The number of carbonyl (C=O) groups excluding carboxylic acids is 1. The number of hydrogen-bond acceptors (Lipinski definition) is 3. The Morgan fingerprint density at radius 2 is 1.83 bits per heavy atom. The quantitative estimate of drug-likeness (QED) is 0.781. The number of phenols is 1. The Labute approximate surface area is 132 Å². The molecule has 0 saturated heterocycles.